The molecule has 0 aromatic heterocycles. The van der Waals surface area contributed by atoms with Crippen LogP contribution in [0.5, 0.6) is 0 Å². The SMILES string of the molecule is C.O=[P+](O)O. The van der Waals surface area contributed by atoms with Gasteiger partial charge in [0.2, 0.25) is 0 Å². The van der Waals surface area contributed by atoms with Crippen LogP contribution < -0.4 is 0 Å². The first-order valence-corrected chi connectivity index (χ1v) is 1.75. The van der Waals surface area contributed by atoms with Gasteiger partial charge in [-0.25, -0.2) is 0 Å². The molecule has 0 aliphatic heterocycles. The molecule has 0 saturated carbocycles. The Bertz CT molecular complexity index is 29.9. The molecule has 0 heterocycles. The zero-order chi connectivity index (χ0) is 3.58. The molecular formula is CH6O3P+. The summed E-state index contributed by atoms with van der Waals surface area (Å²) >= 11 is 0. The van der Waals surface area contributed by atoms with Gasteiger partial charge < -0.3 is 0 Å². The van der Waals surface area contributed by atoms with E-state index in [1.807, 2.05) is 0 Å². The fraction of sp³-hybridized carbons (Fsp3) is 1.00. The van der Waals surface area contributed by atoms with Gasteiger partial charge in [-0.1, -0.05) is 7.43 Å². The van der Waals surface area contributed by atoms with Crippen LogP contribution in [0.1, 0.15) is 7.43 Å². The van der Waals surface area contributed by atoms with E-state index in [1.165, 1.54) is 0 Å². The van der Waals surface area contributed by atoms with Crippen molar-refractivity contribution in [3.8, 4) is 0 Å². The van der Waals surface area contributed by atoms with Crippen LogP contribution in [-0.4, -0.2) is 9.79 Å². The van der Waals surface area contributed by atoms with E-state index in [0.29, 0.717) is 0 Å². The Labute approximate surface area is 31.2 Å². The second-order valence-corrected chi connectivity index (χ2v) is 0.758. The molecule has 0 bridgehead atoms. The van der Waals surface area contributed by atoms with Gasteiger partial charge in [-0.2, -0.15) is 0 Å². The molecule has 0 aromatic carbocycles. The molecule has 3 nitrogen and oxygen atoms in total. The third-order valence-electron chi connectivity index (χ3n) is 0. The summed E-state index contributed by atoms with van der Waals surface area (Å²) in [6.07, 6.45) is 0. The Morgan fingerprint density at radius 1 is 1.40 bits per heavy atom. The Morgan fingerprint density at radius 2 is 1.40 bits per heavy atom. The molecule has 0 amide bonds. The summed E-state index contributed by atoms with van der Waals surface area (Å²) in [5.74, 6) is 0. The minimum absolute atomic E-state index is 0. The molecule has 0 radical (unpaired) electrons. The number of rotatable bonds is 0. The molecule has 4 heteroatoms. The lowest BCUT2D eigenvalue weighted by molar-refractivity contribution is 0.405. The topological polar surface area (TPSA) is 57.5 Å². The Hall–Kier alpha value is 0.0200. The van der Waals surface area contributed by atoms with E-state index in [2.05, 4.69) is 0 Å². The van der Waals surface area contributed by atoms with Gasteiger partial charge in [0.15, 0.2) is 0 Å². The summed E-state index contributed by atoms with van der Waals surface area (Å²) in [5.41, 5.74) is 0. The number of hydrogen-bond acceptors (Lipinski definition) is 1. The van der Waals surface area contributed by atoms with Gasteiger partial charge >= 0.3 is 8.25 Å². The molecule has 0 spiro atoms. The summed E-state index contributed by atoms with van der Waals surface area (Å²) in [6.45, 7) is 0. The smallest absolute Gasteiger partial charge is 0.134 e. The van der Waals surface area contributed by atoms with Crippen LogP contribution in [-0.2, 0) is 4.57 Å². The van der Waals surface area contributed by atoms with Crippen molar-refractivity contribution in [1.29, 1.82) is 0 Å². The van der Waals surface area contributed by atoms with Crippen molar-refractivity contribution >= 4 is 8.25 Å². The van der Waals surface area contributed by atoms with Gasteiger partial charge in [0.05, 0.1) is 0 Å². The van der Waals surface area contributed by atoms with Crippen molar-refractivity contribution in [3.63, 3.8) is 0 Å². The summed E-state index contributed by atoms with van der Waals surface area (Å²) < 4.78 is 8.70. The summed E-state index contributed by atoms with van der Waals surface area (Å²) in [6, 6.07) is 0. The lowest BCUT2D eigenvalue weighted by Crippen LogP contribution is -1.38. The Balaban J connectivity index is 0. The van der Waals surface area contributed by atoms with Crippen molar-refractivity contribution in [1.82, 2.24) is 0 Å². The van der Waals surface area contributed by atoms with Gasteiger partial charge in [0.25, 0.3) is 0 Å². The number of hydrogen-bond donors (Lipinski definition) is 2. The molecule has 0 rings (SSSR count). The molecule has 0 aliphatic rings. The van der Waals surface area contributed by atoms with Gasteiger partial charge in [-0.05, 0) is 0 Å². The van der Waals surface area contributed by atoms with Crippen molar-refractivity contribution in [2.75, 3.05) is 0 Å². The maximum atomic E-state index is 8.70. The second kappa shape index (κ2) is 4.02. The normalized spacial score (nSPS) is 5.20. The molecule has 5 heavy (non-hydrogen) atoms. The third kappa shape index (κ3) is 41000. The minimum Gasteiger partial charge on any atom is -0.134 e. The molecule has 0 atom stereocenters. The van der Waals surface area contributed by atoms with Crippen molar-refractivity contribution in [3.05, 3.63) is 0 Å². The van der Waals surface area contributed by atoms with Gasteiger partial charge in [-0.3, -0.25) is 0 Å². The standard InChI is InChI=1S/CH4.HO3P/c;1-4(2)3/h1H4;(H-,1,2,3)/p+1. The molecule has 0 saturated heterocycles. The van der Waals surface area contributed by atoms with Crippen LogP contribution in [0.15, 0.2) is 0 Å². The van der Waals surface area contributed by atoms with Gasteiger partial charge in [0.1, 0.15) is 0 Å². The van der Waals surface area contributed by atoms with Crippen molar-refractivity contribution in [2.45, 2.75) is 7.43 Å². The zero-order valence-electron chi connectivity index (χ0n) is 1.75. The lowest BCUT2D eigenvalue weighted by atomic mass is 12.0. The van der Waals surface area contributed by atoms with E-state index in [1.54, 1.807) is 0 Å². The second-order valence-electron chi connectivity index (χ2n) is 0.253. The molecule has 0 fully saturated rings. The van der Waals surface area contributed by atoms with Crippen LogP contribution in [0, 0.1) is 0 Å². The summed E-state index contributed by atoms with van der Waals surface area (Å²) in [7, 11) is -2.87. The van der Waals surface area contributed by atoms with Gasteiger partial charge in [0, 0.05) is 4.57 Å². The lowest BCUT2D eigenvalue weighted by Gasteiger charge is -1.34. The fourth-order valence-electron chi connectivity index (χ4n) is 0. The monoisotopic (exact) mass is 97.0 g/mol. The molecule has 32 valence electrons. The highest BCUT2D eigenvalue weighted by Crippen LogP contribution is 1.98. The van der Waals surface area contributed by atoms with E-state index >= 15 is 0 Å². The molecule has 2 N–H and O–H groups in total. The Kier molecular flexibility index (Phi) is 7.15. The highest BCUT2D eigenvalue weighted by Gasteiger charge is 1.93. The first kappa shape index (κ1) is 8.89. The van der Waals surface area contributed by atoms with Crippen LogP contribution in [0.2, 0.25) is 0 Å². The predicted octanol–water partition coefficient (Wildman–Crippen LogP) is 0.265. The largest absolute Gasteiger partial charge is 0.692 e. The minimum atomic E-state index is -2.87. The predicted molar refractivity (Wildman–Crippen MR) is 18.8 cm³/mol. The quantitative estimate of drug-likeness (QED) is 0.426. The average Bonchev–Trinajstić information content (AvgIpc) is 0.811. The summed E-state index contributed by atoms with van der Waals surface area (Å²) in [4.78, 5) is 14.2. The maximum absolute atomic E-state index is 8.70. The van der Waals surface area contributed by atoms with Crippen molar-refractivity contribution in [2.24, 2.45) is 0 Å². The third-order valence-corrected chi connectivity index (χ3v) is 0. The molecule has 0 aromatic rings. The first-order chi connectivity index (χ1) is 1.73. The van der Waals surface area contributed by atoms with Crippen LogP contribution in [0.3, 0.4) is 0 Å². The highest BCUT2D eigenvalue weighted by atomic mass is 31.1. The maximum Gasteiger partial charge on any atom is 0.692 e. The molecule has 0 unspecified atom stereocenters. The Morgan fingerprint density at radius 3 is 1.40 bits per heavy atom. The van der Waals surface area contributed by atoms with E-state index in [4.69, 9.17) is 14.4 Å². The van der Waals surface area contributed by atoms with E-state index in [0.717, 1.165) is 0 Å². The fourth-order valence-corrected chi connectivity index (χ4v) is 0. The van der Waals surface area contributed by atoms with Crippen LogP contribution in [0.4, 0.5) is 0 Å². The summed E-state index contributed by atoms with van der Waals surface area (Å²) in [5, 5.41) is 0. The average molecular weight is 97.0 g/mol. The highest BCUT2D eigenvalue weighted by molar-refractivity contribution is 7.30. The van der Waals surface area contributed by atoms with Crippen LogP contribution in [0.25, 0.3) is 0 Å². The molecular weight excluding hydrogens is 91.0 g/mol. The van der Waals surface area contributed by atoms with E-state index < -0.39 is 8.25 Å². The van der Waals surface area contributed by atoms with E-state index in [-0.39, 0.29) is 7.43 Å². The van der Waals surface area contributed by atoms with Crippen molar-refractivity contribution < 1.29 is 14.4 Å². The van der Waals surface area contributed by atoms with Crippen LogP contribution >= 0.6 is 8.25 Å². The van der Waals surface area contributed by atoms with E-state index in [9.17, 15) is 0 Å². The molecule has 0 aliphatic carbocycles. The first-order valence-electron chi connectivity index (χ1n) is 0.583. The zero-order valence-corrected chi connectivity index (χ0v) is 2.64. The van der Waals surface area contributed by atoms with Gasteiger partial charge in [-0.15, -0.1) is 9.79 Å².